The first-order chi connectivity index (χ1) is 11.8. The van der Waals surface area contributed by atoms with Gasteiger partial charge in [0, 0.05) is 29.9 Å². The van der Waals surface area contributed by atoms with Crippen molar-refractivity contribution < 1.29 is 14.3 Å². The molecule has 0 spiro atoms. The van der Waals surface area contributed by atoms with Crippen molar-refractivity contribution in [2.75, 3.05) is 38.3 Å². The fourth-order valence-corrected chi connectivity index (χ4v) is 2.72. The Labute approximate surface area is 142 Å². The molecule has 1 aliphatic rings. The second-order valence-corrected chi connectivity index (χ2v) is 5.59. The molecule has 0 amide bonds. The van der Waals surface area contributed by atoms with Crippen LogP contribution in [0.4, 0.5) is 5.69 Å². The Bertz CT molecular complexity index is 716. The molecule has 0 N–H and O–H groups in total. The summed E-state index contributed by atoms with van der Waals surface area (Å²) in [5.41, 5.74) is 2.69. The molecule has 0 aliphatic carbocycles. The van der Waals surface area contributed by atoms with Gasteiger partial charge in [0.2, 0.25) is 0 Å². The van der Waals surface area contributed by atoms with E-state index in [0.29, 0.717) is 5.56 Å². The standard InChI is InChI=1S/C20H21NO3/c1-23-20-5-3-2-4-17(20)8-11-19(22)16-6-9-18(10-7-16)21-12-14-24-15-13-21/h2-11H,12-15H2,1H3/b11-8+. The van der Waals surface area contributed by atoms with Gasteiger partial charge in [-0.3, -0.25) is 4.79 Å². The highest BCUT2D eigenvalue weighted by molar-refractivity contribution is 6.07. The summed E-state index contributed by atoms with van der Waals surface area (Å²) in [6.45, 7) is 3.28. The maximum absolute atomic E-state index is 12.3. The topological polar surface area (TPSA) is 38.8 Å². The number of nitrogens with zero attached hydrogens (tertiary/aromatic N) is 1. The highest BCUT2D eigenvalue weighted by atomic mass is 16.5. The van der Waals surface area contributed by atoms with Gasteiger partial charge in [-0.2, -0.15) is 0 Å². The van der Waals surface area contributed by atoms with E-state index in [9.17, 15) is 4.79 Å². The third kappa shape index (κ3) is 3.84. The number of methoxy groups -OCH3 is 1. The number of allylic oxidation sites excluding steroid dienone is 1. The lowest BCUT2D eigenvalue weighted by atomic mass is 10.1. The molecule has 24 heavy (non-hydrogen) atoms. The van der Waals surface area contributed by atoms with Crippen LogP contribution in [0.3, 0.4) is 0 Å². The molecule has 2 aromatic rings. The Hall–Kier alpha value is -2.59. The van der Waals surface area contributed by atoms with Gasteiger partial charge in [0.25, 0.3) is 0 Å². The first-order valence-electron chi connectivity index (χ1n) is 8.06. The number of carbonyl (C=O) groups is 1. The predicted octanol–water partition coefficient (Wildman–Crippen LogP) is 3.43. The smallest absolute Gasteiger partial charge is 0.185 e. The van der Waals surface area contributed by atoms with Crippen molar-refractivity contribution in [2.24, 2.45) is 0 Å². The van der Waals surface area contributed by atoms with Gasteiger partial charge < -0.3 is 14.4 Å². The molecule has 4 heteroatoms. The lowest BCUT2D eigenvalue weighted by Crippen LogP contribution is -2.36. The van der Waals surface area contributed by atoms with Crippen LogP contribution < -0.4 is 9.64 Å². The minimum Gasteiger partial charge on any atom is -0.496 e. The van der Waals surface area contributed by atoms with Crippen molar-refractivity contribution in [1.29, 1.82) is 0 Å². The Morgan fingerprint density at radius 2 is 1.79 bits per heavy atom. The van der Waals surface area contributed by atoms with Crippen LogP contribution in [0, 0.1) is 0 Å². The summed E-state index contributed by atoms with van der Waals surface area (Å²) in [6.07, 6.45) is 3.37. The molecule has 2 aromatic carbocycles. The minimum absolute atomic E-state index is 0.0190. The van der Waals surface area contributed by atoms with Crippen molar-refractivity contribution in [3.05, 3.63) is 65.7 Å². The normalized spacial score (nSPS) is 14.8. The van der Waals surface area contributed by atoms with Crippen LogP contribution in [0.25, 0.3) is 6.08 Å². The second kappa shape index (κ2) is 7.79. The van der Waals surface area contributed by atoms with Gasteiger partial charge >= 0.3 is 0 Å². The van der Waals surface area contributed by atoms with Gasteiger partial charge in [0.15, 0.2) is 5.78 Å². The average Bonchev–Trinajstić information content (AvgIpc) is 2.67. The van der Waals surface area contributed by atoms with E-state index in [4.69, 9.17) is 9.47 Å². The predicted molar refractivity (Wildman–Crippen MR) is 95.8 cm³/mol. The van der Waals surface area contributed by atoms with Crippen LogP contribution in [0.1, 0.15) is 15.9 Å². The lowest BCUT2D eigenvalue weighted by molar-refractivity contribution is 0.104. The van der Waals surface area contributed by atoms with Crippen molar-refractivity contribution in [3.8, 4) is 5.75 Å². The number of hydrogen-bond acceptors (Lipinski definition) is 4. The molecule has 1 saturated heterocycles. The zero-order valence-electron chi connectivity index (χ0n) is 13.8. The van der Waals surface area contributed by atoms with E-state index in [-0.39, 0.29) is 5.78 Å². The number of carbonyl (C=O) groups excluding carboxylic acids is 1. The number of hydrogen-bond donors (Lipinski definition) is 0. The van der Waals surface area contributed by atoms with Crippen molar-refractivity contribution in [3.63, 3.8) is 0 Å². The van der Waals surface area contributed by atoms with E-state index in [0.717, 1.165) is 43.3 Å². The van der Waals surface area contributed by atoms with Crippen LogP contribution in [0.2, 0.25) is 0 Å². The quantitative estimate of drug-likeness (QED) is 0.624. The summed E-state index contributed by atoms with van der Waals surface area (Å²) in [5, 5.41) is 0. The first-order valence-corrected chi connectivity index (χ1v) is 8.06. The Morgan fingerprint density at radius 1 is 1.08 bits per heavy atom. The minimum atomic E-state index is -0.0190. The highest BCUT2D eigenvalue weighted by Gasteiger charge is 2.11. The summed E-state index contributed by atoms with van der Waals surface area (Å²) < 4.78 is 10.6. The summed E-state index contributed by atoms with van der Waals surface area (Å²) in [7, 11) is 1.62. The molecule has 124 valence electrons. The highest BCUT2D eigenvalue weighted by Crippen LogP contribution is 2.20. The van der Waals surface area contributed by atoms with Crippen molar-refractivity contribution in [1.82, 2.24) is 0 Å². The molecule has 1 fully saturated rings. The summed E-state index contributed by atoms with van der Waals surface area (Å²) in [5.74, 6) is 0.735. The van der Waals surface area contributed by atoms with Crippen LogP contribution in [0.5, 0.6) is 5.75 Å². The third-order valence-electron chi connectivity index (χ3n) is 4.08. The zero-order valence-corrected chi connectivity index (χ0v) is 13.8. The molecule has 0 atom stereocenters. The Kier molecular flexibility index (Phi) is 5.29. The summed E-state index contributed by atoms with van der Waals surface area (Å²) >= 11 is 0. The number of morpholine rings is 1. The maximum atomic E-state index is 12.3. The van der Waals surface area contributed by atoms with Crippen LogP contribution in [0.15, 0.2) is 54.6 Å². The third-order valence-corrected chi connectivity index (χ3v) is 4.08. The zero-order chi connectivity index (χ0) is 16.8. The second-order valence-electron chi connectivity index (χ2n) is 5.59. The van der Waals surface area contributed by atoms with Gasteiger partial charge in [-0.15, -0.1) is 0 Å². The lowest BCUT2D eigenvalue weighted by Gasteiger charge is -2.28. The maximum Gasteiger partial charge on any atom is 0.185 e. The van der Waals surface area contributed by atoms with Gasteiger partial charge in [-0.05, 0) is 42.5 Å². The molecule has 1 heterocycles. The summed E-state index contributed by atoms with van der Waals surface area (Å²) in [4.78, 5) is 14.6. The summed E-state index contributed by atoms with van der Waals surface area (Å²) in [6, 6.07) is 15.4. The average molecular weight is 323 g/mol. The monoisotopic (exact) mass is 323 g/mol. The fourth-order valence-electron chi connectivity index (χ4n) is 2.72. The number of ether oxygens (including phenoxy) is 2. The molecular formula is C20H21NO3. The van der Waals surface area contributed by atoms with E-state index in [2.05, 4.69) is 4.90 Å². The number of para-hydroxylation sites is 1. The fraction of sp³-hybridized carbons (Fsp3) is 0.250. The molecule has 3 rings (SSSR count). The number of ketones is 1. The molecule has 0 saturated carbocycles. The van der Waals surface area contributed by atoms with E-state index in [1.165, 1.54) is 0 Å². The van der Waals surface area contributed by atoms with Gasteiger partial charge in [-0.25, -0.2) is 0 Å². The molecule has 0 bridgehead atoms. The Balaban J connectivity index is 1.69. The van der Waals surface area contributed by atoms with Crippen LogP contribution in [-0.2, 0) is 4.74 Å². The molecule has 0 aromatic heterocycles. The van der Waals surface area contributed by atoms with Crippen molar-refractivity contribution in [2.45, 2.75) is 0 Å². The van der Waals surface area contributed by atoms with E-state index in [1.807, 2.05) is 48.5 Å². The van der Waals surface area contributed by atoms with Crippen molar-refractivity contribution >= 4 is 17.5 Å². The van der Waals surface area contributed by atoms with E-state index < -0.39 is 0 Å². The van der Waals surface area contributed by atoms with E-state index >= 15 is 0 Å². The molecular weight excluding hydrogens is 302 g/mol. The number of rotatable bonds is 5. The number of benzene rings is 2. The van der Waals surface area contributed by atoms with Gasteiger partial charge in [0.05, 0.1) is 20.3 Å². The van der Waals surface area contributed by atoms with Gasteiger partial charge in [-0.1, -0.05) is 18.2 Å². The van der Waals surface area contributed by atoms with Gasteiger partial charge in [0.1, 0.15) is 5.75 Å². The van der Waals surface area contributed by atoms with Crippen LogP contribution in [-0.4, -0.2) is 39.2 Å². The SMILES string of the molecule is COc1ccccc1/C=C/C(=O)c1ccc(N2CCOCC2)cc1. The molecule has 1 aliphatic heterocycles. The van der Waals surface area contributed by atoms with E-state index in [1.54, 1.807) is 19.3 Å². The van der Waals surface area contributed by atoms with Crippen LogP contribution >= 0.6 is 0 Å². The molecule has 4 nitrogen and oxygen atoms in total. The molecule has 0 radical (unpaired) electrons. The number of anilines is 1. The Morgan fingerprint density at radius 3 is 2.50 bits per heavy atom. The first kappa shape index (κ1) is 16.3. The molecule has 0 unspecified atom stereocenters. The largest absolute Gasteiger partial charge is 0.496 e.